The van der Waals surface area contributed by atoms with Gasteiger partial charge in [0.1, 0.15) is 11.2 Å². The minimum Gasteiger partial charge on any atom is -0.456 e. The van der Waals surface area contributed by atoms with Crippen molar-refractivity contribution >= 4 is 49.1 Å². The van der Waals surface area contributed by atoms with Crippen LogP contribution in [0.1, 0.15) is 0 Å². The normalized spacial score (nSPS) is 11.7. The third-order valence-electron chi connectivity index (χ3n) is 8.53. The van der Waals surface area contributed by atoms with E-state index in [1.54, 1.807) is 0 Å². The summed E-state index contributed by atoms with van der Waals surface area (Å²) in [6.07, 6.45) is 2.15. The first-order chi connectivity index (χ1) is 21.3. The van der Waals surface area contributed by atoms with Gasteiger partial charge in [0.2, 0.25) is 0 Å². The van der Waals surface area contributed by atoms with Crippen LogP contribution >= 0.6 is 0 Å². The highest BCUT2D eigenvalue weighted by Crippen LogP contribution is 2.37. The number of para-hydroxylation sites is 1. The lowest BCUT2D eigenvalue weighted by atomic mass is 9.96. The summed E-state index contributed by atoms with van der Waals surface area (Å²) in [5.41, 5.74) is 9.75. The van der Waals surface area contributed by atoms with Crippen LogP contribution in [0.25, 0.3) is 82.8 Å². The molecule has 0 fully saturated rings. The van der Waals surface area contributed by atoms with Gasteiger partial charge in [0.25, 0.3) is 0 Å². The Labute approximate surface area is 247 Å². The number of nitrogens with zero attached hydrogens (tertiary/aromatic N) is 2. The van der Waals surface area contributed by atoms with Crippen LogP contribution in [0, 0.1) is 0 Å². The molecule has 6 aromatic carbocycles. The summed E-state index contributed by atoms with van der Waals surface area (Å²) >= 11 is 0. The van der Waals surface area contributed by atoms with Crippen molar-refractivity contribution in [2.45, 2.75) is 0 Å². The molecule has 0 saturated heterocycles. The molecule has 0 spiro atoms. The van der Waals surface area contributed by atoms with Gasteiger partial charge in [-0.25, -0.2) is 0 Å². The molecule has 3 aromatic heterocycles. The molecule has 9 rings (SSSR count). The maximum absolute atomic E-state index is 6.14. The van der Waals surface area contributed by atoms with Gasteiger partial charge in [0.15, 0.2) is 11.0 Å². The minimum atomic E-state index is 0.913. The molecule has 0 amide bonds. The van der Waals surface area contributed by atoms with Crippen LogP contribution < -0.4 is 4.40 Å². The summed E-state index contributed by atoms with van der Waals surface area (Å²) in [5, 5.41) is 5.86. The number of hydrogen-bond acceptors (Lipinski definition) is 2. The topological polar surface area (TPSA) is 30.1 Å². The molecule has 3 heteroatoms. The molecule has 200 valence electrons. The Morgan fingerprint density at radius 3 is 2.09 bits per heavy atom. The molecular weight excluding hydrogens is 524 g/mol. The van der Waals surface area contributed by atoms with Crippen molar-refractivity contribution < 1.29 is 8.82 Å². The second-order valence-electron chi connectivity index (χ2n) is 11.0. The van der Waals surface area contributed by atoms with E-state index in [9.17, 15) is 0 Å². The van der Waals surface area contributed by atoms with Crippen LogP contribution in [-0.4, -0.2) is 4.98 Å². The summed E-state index contributed by atoms with van der Waals surface area (Å²) in [6.45, 7) is 0. The minimum absolute atomic E-state index is 0.913. The fourth-order valence-corrected chi connectivity index (χ4v) is 6.49. The Bertz CT molecular complexity index is 2490. The Balaban J connectivity index is 1.22. The standard InChI is InChI=1S/C40H25N2O/c1-2-10-29(11-3-1)40-41-35-22-21-30(25-34(35)39-32-12-5-4-9-27(32)23-24-42(39)40)26-17-19-28(20-18-26)31-14-8-16-37-38(31)33-13-6-7-15-36(33)43-37/h1-25H/q+1. The molecule has 3 heterocycles. The van der Waals surface area contributed by atoms with E-state index in [2.05, 4.69) is 132 Å². The molecular formula is C40H25N2O+. The van der Waals surface area contributed by atoms with E-state index >= 15 is 0 Å². The van der Waals surface area contributed by atoms with Gasteiger partial charge in [-0.05, 0) is 81.2 Å². The van der Waals surface area contributed by atoms with Crippen LogP contribution in [0.15, 0.2) is 156 Å². The van der Waals surface area contributed by atoms with Crippen molar-refractivity contribution in [3.8, 4) is 33.6 Å². The number of benzene rings is 6. The van der Waals surface area contributed by atoms with E-state index in [1.807, 2.05) is 24.3 Å². The van der Waals surface area contributed by atoms with E-state index in [1.165, 1.54) is 33.0 Å². The molecule has 0 N–H and O–H groups in total. The fourth-order valence-electron chi connectivity index (χ4n) is 6.49. The van der Waals surface area contributed by atoms with E-state index in [4.69, 9.17) is 9.40 Å². The highest BCUT2D eigenvalue weighted by molar-refractivity contribution is 6.12. The van der Waals surface area contributed by atoms with Crippen molar-refractivity contribution in [3.05, 3.63) is 152 Å². The first kappa shape index (κ1) is 23.9. The average molecular weight is 550 g/mol. The fraction of sp³-hybridized carbons (Fsp3) is 0. The Morgan fingerprint density at radius 2 is 1.21 bits per heavy atom. The van der Waals surface area contributed by atoms with Crippen LogP contribution in [-0.2, 0) is 0 Å². The molecule has 0 aliphatic rings. The maximum atomic E-state index is 6.14. The van der Waals surface area contributed by atoms with Gasteiger partial charge in [-0.1, -0.05) is 97.1 Å². The Morgan fingerprint density at radius 1 is 0.488 bits per heavy atom. The first-order valence-corrected chi connectivity index (χ1v) is 14.6. The quantitative estimate of drug-likeness (QED) is 0.162. The lowest BCUT2D eigenvalue weighted by Gasteiger charge is -2.09. The molecule has 9 aromatic rings. The average Bonchev–Trinajstić information content (AvgIpc) is 3.47. The Kier molecular flexibility index (Phi) is 5.20. The highest BCUT2D eigenvalue weighted by Gasteiger charge is 2.21. The van der Waals surface area contributed by atoms with Crippen molar-refractivity contribution in [2.24, 2.45) is 0 Å². The second-order valence-corrected chi connectivity index (χ2v) is 11.0. The zero-order valence-electron chi connectivity index (χ0n) is 23.2. The summed E-state index contributed by atoms with van der Waals surface area (Å²) in [5.74, 6) is 0.937. The summed E-state index contributed by atoms with van der Waals surface area (Å²) in [4.78, 5) is 5.17. The van der Waals surface area contributed by atoms with Crippen LogP contribution in [0.3, 0.4) is 0 Å². The van der Waals surface area contributed by atoms with E-state index in [0.717, 1.165) is 49.8 Å². The van der Waals surface area contributed by atoms with Gasteiger partial charge in [0.05, 0.1) is 17.1 Å². The van der Waals surface area contributed by atoms with Gasteiger partial charge in [-0.2, -0.15) is 4.40 Å². The zero-order valence-corrected chi connectivity index (χ0v) is 23.2. The molecule has 3 nitrogen and oxygen atoms in total. The number of rotatable bonds is 3. The summed E-state index contributed by atoms with van der Waals surface area (Å²) in [6, 6.07) is 51.3. The third-order valence-corrected chi connectivity index (χ3v) is 8.53. The van der Waals surface area contributed by atoms with Crippen LogP contribution in [0.4, 0.5) is 0 Å². The lowest BCUT2D eigenvalue weighted by molar-refractivity contribution is -0.500. The first-order valence-electron chi connectivity index (χ1n) is 14.6. The molecule has 0 radical (unpaired) electrons. The SMILES string of the molecule is c1ccc(-c2nc3ccc(-c4ccc(-c5cccc6oc7ccccc7c56)cc4)cc3c3c4ccccc4cc[n+]23)cc1. The predicted molar refractivity (Wildman–Crippen MR) is 176 cm³/mol. The number of furan rings is 1. The van der Waals surface area contributed by atoms with Crippen molar-refractivity contribution in [3.63, 3.8) is 0 Å². The van der Waals surface area contributed by atoms with Crippen molar-refractivity contribution in [1.82, 2.24) is 4.98 Å². The van der Waals surface area contributed by atoms with E-state index in [-0.39, 0.29) is 0 Å². The molecule has 0 atom stereocenters. The second kappa shape index (κ2) is 9.37. The summed E-state index contributed by atoms with van der Waals surface area (Å²) in [7, 11) is 0. The van der Waals surface area contributed by atoms with Gasteiger partial charge in [0, 0.05) is 16.2 Å². The summed E-state index contributed by atoms with van der Waals surface area (Å²) < 4.78 is 8.38. The third kappa shape index (κ3) is 3.75. The van der Waals surface area contributed by atoms with E-state index < -0.39 is 0 Å². The molecule has 0 saturated carbocycles. The molecule has 0 aliphatic heterocycles. The van der Waals surface area contributed by atoms with Crippen LogP contribution in [0.2, 0.25) is 0 Å². The van der Waals surface area contributed by atoms with Gasteiger partial charge < -0.3 is 4.42 Å². The van der Waals surface area contributed by atoms with Gasteiger partial charge in [-0.15, -0.1) is 0 Å². The van der Waals surface area contributed by atoms with Crippen molar-refractivity contribution in [2.75, 3.05) is 0 Å². The molecule has 0 bridgehead atoms. The number of aromatic nitrogens is 2. The highest BCUT2D eigenvalue weighted by atomic mass is 16.3. The molecule has 0 unspecified atom stereocenters. The largest absolute Gasteiger partial charge is 0.456 e. The Hall–Kier alpha value is -5.80. The monoisotopic (exact) mass is 549 g/mol. The number of pyridine rings is 1. The number of hydrogen-bond donors (Lipinski definition) is 0. The molecule has 43 heavy (non-hydrogen) atoms. The maximum Gasteiger partial charge on any atom is 0.336 e. The van der Waals surface area contributed by atoms with Gasteiger partial charge in [-0.3, -0.25) is 0 Å². The van der Waals surface area contributed by atoms with Gasteiger partial charge >= 0.3 is 5.82 Å². The zero-order chi connectivity index (χ0) is 28.3. The van der Waals surface area contributed by atoms with Crippen molar-refractivity contribution in [1.29, 1.82) is 0 Å². The smallest absolute Gasteiger partial charge is 0.336 e. The number of fused-ring (bicyclic) bond motifs is 8. The predicted octanol–water partition coefficient (Wildman–Crippen LogP) is 10.0. The van der Waals surface area contributed by atoms with Crippen LogP contribution in [0.5, 0.6) is 0 Å². The van der Waals surface area contributed by atoms with E-state index in [0.29, 0.717) is 0 Å². The lowest BCUT2D eigenvalue weighted by Crippen LogP contribution is -2.26. The molecule has 0 aliphatic carbocycles.